The van der Waals surface area contributed by atoms with E-state index in [0.29, 0.717) is 12.0 Å². The maximum atomic E-state index is 12.5. The number of rotatable bonds is 5. The lowest BCUT2D eigenvalue weighted by atomic mass is 9.83. The SMILES string of the molecule is CC(C)[C@H](N)C(=O)NCC(=O)N1CCCC1C1CCCCC1.Cl. The summed E-state index contributed by atoms with van der Waals surface area (Å²) in [5, 5.41) is 2.71. The van der Waals surface area contributed by atoms with Crippen molar-refractivity contribution in [2.75, 3.05) is 13.1 Å². The molecule has 1 unspecified atom stereocenters. The van der Waals surface area contributed by atoms with Crippen LogP contribution in [0.1, 0.15) is 58.8 Å². The van der Waals surface area contributed by atoms with E-state index >= 15 is 0 Å². The molecular formula is C17H32ClN3O2. The Hall–Kier alpha value is -0.810. The van der Waals surface area contributed by atoms with E-state index in [9.17, 15) is 9.59 Å². The van der Waals surface area contributed by atoms with Crippen molar-refractivity contribution in [3.63, 3.8) is 0 Å². The van der Waals surface area contributed by atoms with Crippen molar-refractivity contribution >= 4 is 24.2 Å². The van der Waals surface area contributed by atoms with Gasteiger partial charge in [0, 0.05) is 12.6 Å². The van der Waals surface area contributed by atoms with Crippen molar-refractivity contribution in [2.45, 2.75) is 70.9 Å². The summed E-state index contributed by atoms with van der Waals surface area (Å²) < 4.78 is 0. The van der Waals surface area contributed by atoms with Gasteiger partial charge in [0.25, 0.3) is 0 Å². The summed E-state index contributed by atoms with van der Waals surface area (Å²) in [4.78, 5) is 26.4. The van der Waals surface area contributed by atoms with Crippen LogP contribution in [0.2, 0.25) is 0 Å². The highest BCUT2D eigenvalue weighted by molar-refractivity contribution is 5.87. The second-order valence-electron chi connectivity index (χ2n) is 7.18. The summed E-state index contributed by atoms with van der Waals surface area (Å²) in [6.07, 6.45) is 8.63. The molecule has 1 aliphatic carbocycles. The summed E-state index contributed by atoms with van der Waals surface area (Å²) in [5.41, 5.74) is 5.81. The van der Waals surface area contributed by atoms with Crippen LogP contribution in [0.3, 0.4) is 0 Å². The van der Waals surface area contributed by atoms with Crippen molar-refractivity contribution < 1.29 is 9.59 Å². The van der Waals surface area contributed by atoms with Gasteiger partial charge in [-0.3, -0.25) is 9.59 Å². The summed E-state index contributed by atoms with van der Waals surface area (Å²) in [5.74, 6) is 0.569. The van der Waals surface area contributed by atoms with Crippen molar-refractivity contribution in [2.24, 2.45) is 17.6 Å². The number of carbonyl (C=O) groups is 2. The smallest absolute Gasteiger partial charge is 0.242 e. The Bertz CT molecular complexity index is 397. The predicted octanol–water partition coefficient (Wildman–Crippen LogP) is 2.08. The summed E-state index contributed by atoms with van der Waals surface area (Å²) in [6, 6.07) is -0.149. The maximum absolute atomic E-state index is 12.5. The van der Waals surface area contributed by atoms with E-state index in [4.69, 9.17) is 5.73 Å². The van der Waals surface area contributed by atoms with Gasteiger partial charge in [0.1, 0.15) is 0 Å². The molecule has 2 amide bonds. The van der Waals surface area contributed by atoms with Gasteiger partial charge in [0.15, 0.2) is 0 Å². The molecule has 6 heteroatoms. The van der Waals surface area contributed by atoms with Crippen LogP contribution < -0.4 is 11.1 Å². The van der Waals surface area contributed by atoms with Gasteiger partial charge >= 0.3 is 0 Å². The van der Waals surface area contributed by atoms with Gasteiger partial charge in [-0.15, -0.1) is 12.4 Å². The van der Waals surface area contributed by atoms with Crippen LogP contribution in [0, 0.1) is 11.8 Å². The van der Waals surface area contributed by atoms with Crippen molar-refractivity contribution in [3.8, 4) is 0 Å². The topological polar surface area (TPSA) is 75.4 Å². The van der Waals surface area contributed by atoms with Crippen LogP contribution in [0.4, 0.5) is 0 Å². The van der Waals surface area contributed by atoms with E-state index in [-0.39, 0.29) is 36.7 Å². The molecule has 2 rings (SSSR count). The third kappa shape index (κ3) is 5.35. The number of carbonyl (C=O) groups excluding carboxylic acids is 2. The number of hydrogen-bond donors (Lipinski definition) is 2. The molecule has 0 radical (unpaired) electrons. The predicted molar refractivity (Wildman–Crippen MR) is 94.4 cm³/mol. The molecule has 3 N–H and O–H groups in total. The van der Waals surface area contributed by atoms with E-state index in [1.165, 1.54) is 32.1 Å². The highest BCUT2D eigenvalue weighted by Gasteiger charge is 2.35. The molecule has 1 saturated heterocycles. The quantitative estimate of drug-likeness (QED) is 0.801. The lowest BCUT2D eigenvalue weighted by Crippen LogP contribution is -2.49. The van der Waals surface area contributed by atoms with Crippen LogP contribution in [-0.2, 0) is 9.59 Å². The Balaban J connectivity index is 0.00000264. The van der Waals surface area contributed by atoms with Gasteiger partial charge in [0.2, 0.25) is 11.8 Å². The highest BCUT2D eigenvalue weighted by atomic mass is 35.5. The van der Waals surface area contributed by atoms with Gasteiger partial charge in [0.05, 0.1) is 12.6 Å². The fourth-order valence-electron chi connectivity index (χ4n) is 3.80. The monoisotopic (exact) mass is 345 g/mol. The molecule has 0 aromatic carbocycles. The third-order valence-electron chi connectivity index (χ3n) is 5.25. The fraction of sp³-hybridized carbons (Fsp3) is 0.882. The first-order valence-corrected chi connectivity index (χ1v) is 8.83. The number of likely N-dealkylation sites (tertiary alicyclic amines) is 1. The molecule has 0 aromatic heterocycles. The summed E-state index contributed by atoms with van der Waals surface area (Å²) >= 11 is 0. The number of nitrogens with two attached hydrogens (primary N) is 1. The summed E-state index contributed by atoms with van der Waals surface area (Å²) in [7, 11) is 0. The molecule has 0 spiro atoms. The number of halogens is 1. The van der Waals surface area contributed by atoms with Gasteiger partial charge in [-0.2, -0.15) is 0 Å². The molecule has 134 valence electrons. The molecule has 1 heterocycles. The Labute approximate surface area is 146 Å². The number of hydrogen-bond acceptors (Lipinski definition) is 3. The second kappa shape index (κ2) is 9.48. The normalized spacial score (nSPS) is 23.5. The van der Waals surface area contributed by atoms with Crippen molar-refractivity contribution in [3.05, 3.63) is 0 Å². The first kappa shape index (κ1) is 20.2. The minimum atomic E-state index is -0.541. The molecular weight excluding hydrogens is 314 g/mol. The molecule has 23 heavy (non-hydrogen) atoms. The first-order chi connectivity index (χ1) is 10.5. The average molecular weight is 346 g/mol. The maximum Gasteiger partial charge on any atom is 0.242 e. The van der Waals surface area contributed by atoms with Gasteiger partial charge < -0.3 is 16.0 Å². The second-order valence-corrected chi connectivity index (χ2v) is 7.18. The number of amides is 2. The molecule has 1 saturated carbocycles. The zero-order valence-corrected chi connectivity index (χ0v) is 15.2. The van der Waals surface area contributed by atoms with Crippen LogP contribution in [0.25, 0.3) is 0 Å². The fourth-order valence-corrected chi connectivity index (χ4v) is 3.80. The number of nitrogens with zero attached hydrogens (tertiary/aromatic N) is 1. The van der Waals surface area contributed by atoms with E-state index in [0.717, 1.165) is 19.4 Å². The van der Waals surface area contributed by atoms with E-state index in [1.807, 2.05) is 18.7 Å². The Morgan fingerprint density at radius 3 is 2.39 bits per heavy atom. The Morgan fingerprint density at radius 2 is 1.78 bits per heavy atom. The molecule has 2 fully saturated rings. The number of nitrogens with one attached hydrogen (secondary N) is 1. The third-order valence-corrected chi connectivity index (χ3v) is 5.25. The van der Waals surface area contributed by atoms with Gasteiger partial charge in [-0.1, -0.05) is 33.1 Å². The molecule has 0 bridgehead atoms. The zero-order chi connectivity index (χ0) is 16.1. The molecule has 2 atom stereocenters. The van der Waals surface area contributed by atoms with Crippen LogP contribution in [0.5, 0.6) is 0 Å². The Kier molecular flexibility index (Phi) is 8.34. The largest absolute Gasteiger partial charge is 0.346 e. The molecule has 1 aliphatic heterocycles. The lowest BCUT2D eigenvalue weighted by molar-refractivity contribution is -0.135. The van der Waals surface area contributed by atoms with Gasteiger partial charge in [-0.05, 0) is 37.5 Å². The van der Waals surface area contributed by atoms with Crippen LogP contribution in [0.15, 0.2) is 0 Å². The highest BCUT2D eigenvalue weighted by Crippen LogP contribution is 2.34. The van der Waals surface area contributed by atoms with E-state index < -0.39 is 6.04 Å². The molecule has 2 aliphatic rings. The van der Waals surface area contributed by atoms with Crippen molar-refractivity contribution in [1.82, 2.24) is 10.2 Å². The van der Waals surface area contributed by atoms with E-state index in [2.05, 4.69) is 5.32 Å². The Morgan fingerprint density at radius 1 is 1.13 bits per heavy atom. The van der Waals surface area contributed by atoms with Crippen LogP contribution >= 0.6 is 12.4 Å². The van der Waals surface area contributed by atoms with Crippen molar-refractivity contribution in [1.29, 1.82) is 0 Å². The minimum absolute atomic E-state index is 0. The standard InChI is InChI=1S/C17H31N3O2.ClH/c1-12(2)16(18)17(22)19-11-15(21)20-10-6-9-14(20)13-7-4-3-5-8-13;/h12-14,16H,3-11,18H2,1-2H3,(H,19,22);1H/t14?,16-;/m0./s1. The summed E-state index contributed by atoms with van der Waals surface area (Å²) in [6.45, 7) is 4.74. The molecule has 5 nitrogen and oxygen atoms in total. The minimum Gasteiger partial charge on any atom is -0.346 e. The van der Waals surface area contributed by atoms with Gasteiger partial charge in [-0.25, -0.2) is 0 Å². The average Bonchev–Trinajstić information content (AvgIpc) is 3.01. The zero-order valence-electron chi connectivity index (χ0n) is 14.4. The lowest BCUT2D eigenvalue weighted by Gasteiger charge is -2.34. The van der Waals surface area contributed by atoms with E-state index in [1.54, 1.807) is 0 Å². The first-order valence-electron chi connectivity index (χ1n) is 8.83. The molecule has 0 aromatic rings. The van der Waals surface area contributed by atoms with Crippen LogP contribution in [-0.4, -0.2) is 41.9 Å².